The van der Waals surface area contributed by atoms with Crippen LogP contribution in [0.1, 0.15) is 59.2 Å². The van der Waals surface area contributed by atoms with Crippen molar-refractivity contribution in [1.82, 2.24) is 19.9 Å². The van der Waals surface area contributed by atoms with Crippen LogP contribution in [-0.2, 0) is 11.8 Å². The van der Waals surface area contributed by atoms with Crippen molar-refractivity contribution in [2.24, 2.45) is 7.05 Å². The molecule has 182 valence electrons. The van der Waals surface area contributed by atoms with Gasteiger partial charge < -0.3 is 15.4 Å². The number of nitrogens with zero attached hydrogens (tertiary/aromatic N) is 3. The molecule has 10 heteroatoms. The molecule has 0 bridgehead atoms. The van der Waals surface area contributed by atoms with E-state index in [9.17, 15) is 9.59 Å². The number of carbonyl (C=O) groups excluding carboxylic acids is 1. The van der Waals surface area contributed by atoms with E-state index in [0.29, 0.717) is 16.6 Å². The molecule has 3 heterocycles. The van der Waals surface area contributed by atoms with Crippen LogP contribution >= 0.6 is 24.0 Å². The Labute approximate surface area is 209 Å². The number of esters is 1. The lowest BCUT2D eigenvalue weighted by atomic mass is 9.95. The first-order valence-electron chi connectivity index (χ1n) is 11.0. The van der Waals surface area contributed by atoms with Crippen molar-refractivity contribution < 1.29 is 9.53 Å². The molecule has 34 heavy (non-hydrogen) atoms. The number of carbonyl (C=O) groups is 1. The summed E-state index contributed by atoms with van der Waals surface area (Å²) < 4.78 is 6.55. The molecule has 1 saturated heterocycles. The van der Waals surface area contributed by atoms with Gasteiger partial charge in [0.1, 0.15) is 11.0 Å². The first-order chi connectivity index (χ1) is 15.8. The number of hydrogen-bond donors (Lipinski definition) is 2. The summed E-state index contributed by atoms with van der Waals surface area (Å²) >= 11 is 6.00. The number of aromatic nitrogens is 3. The van der Waals surface area contributed by atoms with Gasteiger partial charge in [-0.05, 0) is 63.5 Å². The van der Waals surface area contributed by atoms with Gasteiger partial charge in [0.2, 0.25) is 0 Å². The quantitative estimate of drug-likeness (QED) is 0.397. The third kappa shape index (κ3) is 5.04. The normalized spacial score (nSPS) is 15.0. The number of nitrogens with one attached hydrogen (secondary N) is 2. The second kappa shape index (κ2) is 10.7. The average Bonchev–Trinajstić information content (AvgIpc) is 2.82. The molecule has 0 aliphatic carbocycles. The number of halogens is 2. The van der Waals surface area contributed by atoms with Crippen LogP contribution in [0.5, 0.6) is 0 Å². The molecule has 1 fully saturated rings. The second-order valence-corrected chi connectivity index (χ2v) is 8.88. The molecule has 2 aromatic heterocycles. The number of benzene rings is 1. The summed E-state index contributed by atoms with van der Waals surface area (Å²) in [7, 11) is 3.10. The third-order valence-corrected chi connectivity index (χ3v) is 6.38. The van der Waals surface area contributed by atoms with Gasteiger partial charge in [-0.1, -0.05) is 17.7 Å². The van der Waals surface area contributed by atoms with Crippen LogP contribution in [0.15, 0.2) is 29.1 Å². The van der Waals surface area contributed by atoms with Crippen LogP contribution in [-0.4, -0.2) is 40.7 Å². The molecular formula is C24H29Cl2N5O3. The van der Waals surface area contributed by atoms with E-state index < -0.39 is 5.97 Å². The number of piperidine rings is 1. The number of anilines is 1. The molecule has 1 aliphatic heterocycles. The minimum Gasteiger partial charge on any atom is -0.464 e. The van der Waals surface area contributed by atoms with Crippen LogP contribution in [0.4, 0.5) is 5.69 Å². The topological polar surface area (TPSA) is 98.1 Å². The van der Waals surface area contributed by atoms with Crippen LogP contribution in [0.2, 0.25) is 5.15 Å². The molecule has 1 aliphatic rings. The van der Waals surface area contributed by atoms with E-state index in [1.54, 1.807) is 23.7 Å². The summed E-state index contributed by atoms with van der Waals surface area (Å²) in [6.45, 7) is 5.75. The standard InChI is InChI=1S/C24H28ClN5O3.ClH/c1-13-11-16(14(2)27-18-5-6-19(25)28-21(18)24(32)33-4)20-17(12-13)23(31)30(3)22(29-20)15-7-9-26-10-8-15;/h5-6,11-12,14-15,26-27H,7-10H2,1-4H3;1H. The van der Waals surface area contributed by atoms with E-state index in [4.69, 9.17) is 21.3 Å². The van der Waals surface area contributed by atoms with E-state index in [0.717, 1.165) is 42.9 Å². The van der Waals surface area contributed by atoms with E-state index in [1.165, 1.54) is 7.11 Å². The molecule has 1 atom stereocenters. The number of methoxy groups -OCH3 is 1. The van der Waals surface area contributed by atoms with Crippen molar-refractivity contribution in [1.29, 1.82) is 0 Å². The van der Waals surface area contributed by atoms with Crippen LogP contribution in [0, 0.1) is 6.92 Å². The van der Waals surface area contributed by atoms with Gasteiger partial charge in [0, 0.05) is 18.5 Å². The van der Waals surface area contributed by atoms with Gasteiger partial charge >= 0.3 is 5.97 Å². The van der Waals surface area contributed by atoms with Crippen molar-refractivity contribution in [3.05, 3.63) is 62.4 Å². The molecule has 4 rings (SSSR count). The third-order valence-electron chi connectivity index (χ3n) is 6.17. The van der Waals surface area contributed by atoms with Gasteiger partial charge in [-0.15, -0.1) is 12.4 Å². The lowest BCUT2D eigenvalue weighted by Gasteiger charge is -2.25. The maximum absolute atomic E-state index is 13.3. The van der Waals surface area contributed by atoms with Crippen molar-refractivity contribution in [3.8, 4) is 0 Å². The highest BCUT2D eigenvalue weighted by atomic mass is 35.5. The predicted molar refractivity (Wildman–Crippen MR) is 136 cm³/mol. The Morgan fingerprint density at radius 1 is 1.26 bits per heavy atom. The van der Waals surface area contributed by atoms with Crippen LogP contribution < -0.4 is 16.2 Å². The Kier molecular flexibility index (Phi) is 8.17. The summed E-state index contributed by atoms with van der Waals surface area (Å²) in [5.74, 6) is 0.466. The van der Waals surface area contributed by atoms with Crippen LogP contribution in [0.25, 0.3) is 10.9 Å². The van der Waals surface area contributed by atoms with Crippen molar-refractivity contribution >= 4 is 46.6 Å². The fraction of sp³-hybridized carbons (Fsp3) is 0.417. The molecule has 1 unspecified atom stereocenters. The summed E-state index contributed by atoms with van der Waals surface area (Å²) in [6, 6.07) is 6.96. The molecule has 0 amide bonds. The summed E-state index contributed by atoms with van der Waals surface area (Å²) in [6.07, 6.45) is 1.89. The Morgan fingerprint density at radius 2 is 1.97 bits per heavy atom. The Bertz CT molecular complexity index is 1270. The largest absolute Gasteiger partial charge is 0.464 e. The summed E-state index contributed by atoms with van der Waals surface area (Å²) in [4.78, 5) is 34.7. The van der Waals surface area contributed by atoms with Gasteiger partial charge in [-0.2, -0.15) is 0 Å². The highest BCUT2D eigenvalue weighted by Crippen LogP contribution is 2.30. The Morgan fingerprint density at radius 3 is 2.65 bits per heavy atom. The molecule has 2 N–H and O–H groups in total. The number of ether oxygens (including phenoxy) is 1. The molecule has 1 aromatic carbocycles. The minimum absolute atomic E-state index is 0. The predicted octanol–water partition coefficient (Wildman–Crippen LogP) is 4.14. The maximum Gasteiger partial charge on any atom is 0.358 e. The van der Waals surface area contributed by atoms with E-state index in [2.05, 4.69) is 15.6 Å². The Hall–Kier alpha value is -2.68. The average molecular weight is 506 g/mol. The van der Waals surface area contributed by atoms with Gasteiger partial charge in [-0.25, -0.2) is 14.8 Å². The smallest absolute Gasteiger partial charge is 0.358 e. The summed E-state index contributed by atoms with van der Waals surface area (Å²) in [5.41, 5.74) is 3.07. The lowest BCUT2D eigenvalue weighted by molar-refractivity contribution is 0.0595. The first-order valence-corrected chi connectivity index (χ1v) is 11.4. The van der Waals surface area contributed by atoms with Gasteiger partial charge in [0.25, 0.3) is 5.56 Å². The number of pyridine rings is 1. The number of fused-ring (bicyclic) bond motifs is 1. The zero-order valence-electron chi connectivity index (χ0n) is 19.6. The molecule has 8 nitrogen and oxygen atoms in total. The Balaban J connectivity index is 0.00000324. The highest BCUT2D eigenvalue weighted by molar-refractivity contribution is 6.29. The van der Waals surface area contributed by atoms with E-state index in [1.807, 2.05) is 26.0 Å². The number of hydrogen-bond acceptors (Lipinski definition) is 7. The van der Waals surface area contributed by atoms with Crippen molar-refractivity contribution in [2.45, 2.75) is 38.6 Å². The summed E-state index contributed by atoms with van der Waals surface area (Å²) in [5, 5.41) is 7.49. The molecule has 3 aromatic rings. The zero-order chi connectivity index (χ0) is 23.7. The zero-order valence-corrected chi connectivity index (χ0v) is 21.2. The number of aryl methyl sites for hydroxylation is 1. The number of rotatable bonds is 5. The molecular weight excluding hydrogens is 477 g/mol. The lowest BCUT2D eigenvalue weighted by Crippen LogP contribution is -2.31. The monoisotopic (exact) mass is 505 g/mol. The fourth-order valence-electron chi connectivity index (χ4n) is 4.46. The maximum atomic E-state index is 13.3. The molecule has 0 radical (unpaired) electrons. The second-order valence-electron chi connectivity index (χ2n) is 8.50. The van der Waals surface area contributed by atoms with Gasteiger partial charge in [0.15, 0.2) is 5.69 Å². The van der Waals surface area contributed by atoms with Crippen molar-refractivity contribution in [2.75, 3.05) is 25.5 Å². The van der Waals surface area contributed by atoms with E-state index in [-0.39, 0.29) is 40.8 Å². The van der Waals surface area contributed by atoms with Crippen molar-refractivity contribution in [3.63, 3.8) is 0 Å². The van der Waals surface area contributed by atoms with Gasteiger partial charge in [0.05, 0.1) is 29.7 Å². The molecule has 0 spiro atoms. The van der Waals surface area contributed by atoms with Crippen LogP contribution in [0.3, 0.4) is 0 Å². The first kappa shape index (κ1) is 25.9. The van der Waals surface area contributed by atoms with Gasteiger partial charge in [-0.3, -0.25) is 9.36 Å². The fourth-order valence-corrected chi connectivity index (χ4v) is 4.61. The van der Waals surface area contributed by atoms with E-state index >= 15 is 0 Å². The minimum atomic E-state index is -0.582. The highest BCUT2D eigenvalue weighted by Gasteiger charge is 2.24. The SMILES string of the molecule is COC(=O)c1nc(Cl)ccc1NC(C)c1cc(C)cc2c(=O)n(C)c(C3CCNCC3)nc12.Cl. The molecule has 0 saturated carbocycles.